The Bertz CT molecular complexity index is 650. The van der Waals surface area contributed by atoms with Gasteiger partial charge in [0.2, 0.25) is 0 Å². The fraction of sp³-hybridized carbons (Fsp3) is 0.0769. The van der Waals surface area contributed by atoms with Crippen LogP contribution in [0.4, 0.5) is 10.1 Å². The van der Waals surface area contributed by atoms with Crippen LogP contribution in [-0.2, 0) is 0 Å². The second kappa shape index (κ2) is 5.23. The monoisotopic (exact) mass is 257 g/mol. The summed E-state index contributed by atoms with van der Waals surface area (Å²) >= 11 is 0. The third-order valence-corrected chi connectivity index (χ3v) is 2.62. The van der Waals surface area contributed by atoms with Crippen LogP contribution >= 0.6 is 0 Å². The third kappa shape index (κ3) is 2.55. The molecule has 19 heavy (non-hydrogen) atoms. The number of hydrogen-bond acceptors (Lipinski definition) is 4. The van der Waals surface area contributed by atoms with Crippen LogP contribution in [0.3, 0.4) is 0 Å². The molecule has 0 aliphatic heterocycles. The molecule has 0 amide bonds. The van der Waals surface area contributed by atoms with Gasteiger partial charge in [-0.25, -0.2) is 4.39 Å². The van der Waals surface area contributed by atoms with Gasteiger partial charge < -0.3 is 0 Å². The number of pyridine rings is 1. The van der Waals surface area contributed by atoms with Crippen LogP contribution in [0.1, 0.15) is 17.2 Å². The molecule has 0 bridgehead atoms. The number of nitro groups is 1. The fourth-order valence-electron chi connectivity index (χ4n) is 1.68. The molecule has 0 fully saturated rings. The highest BCUT2D eigenvalue weighted by Gasteiger charge is 2.19. The van der Waals surface area contributed by atoms with Crippen LogP contribution in [0.5, 0.6) is 0 Å². The summed E-state index contributed by atoms with van der Waals surface area (Å²) in [6.45, 7) is 0. The zero-order valence-electron chi connectivity index (χ0n) is 9.65. The van der Waals surface area contributed by atoms with Gasteiger partial charge in [0.1, 0.15) is 17.9 Å². The summed E-state index contributed by atoms with van der Waals surface area (Å²) in [4.78, 5) is 13.8. The van der Waals surface area contributed by atoms with Gasteiger partial charge in [0.25, 0.3) is 5.69 Å². The Labute approximate surface area is 108 Å². The molecule has 5 nitrogen and oxygen atoms in total. The Morgan fingerprint density at radius 2 is 2.05 bits per heavy atom. The summed E-state index contributed by atoms with van der Waals surface area (Å²) in [5, 5.41) is 19.7. The highest BCUT2D eigenvalue weighted by atomic mass is 19.1. The van der Waals surface area contributed by atoms with E-state index < -0.39 is 16.7 Å². The van der Waals surface area contributed by atoms with Gasteiger partial charge in [0.05, 0.1) is 16.7 Å². The van der Waals surface area contributed by atoms with Crippen molar-refractivity contribution in [2.24, 2.45) is 0 Å². The summed E-state index contributed by atoms with van der Waals surface area (Å²) in [5.41, 5.74) is 0.304. The first kappa shape index (κ1) is 12.6. The van der Waals surface area contributed by atoms with Gasteiger partial charge in [-0.05, 0) is 12.1 Å². The highest BCUT2D eigenvalue weighted by Crippen LogP contribution is 2.25. The van der Waals surface area contributed by atoms with Crippen LogP contribution < -0.4 is 0 Å². The predicted octanol–water partition coefficient (Wildman–Crippen LogP) is 2.78. The van der Waals surface area contributed by atoms with E-state index in [1.54, 1.807) is 6.07 Å². The van der Waals surface area contributed by atoms with Crippen molar-refractivity contribution in [1.82, 2.24) is 4.98 Å². The average Bonchev–Trinajstić information content (AvgIpc) is 2.42. The van der Waals surface area contributed by atoms with E-state index in [1.807, 2.05) is 6.07 Å². The van der Waals surface area contributed by atoms with Gasteiger partial charge in [-0.2, -0.15) is 5.26 Å². The fourth-order valence-corrected chi connectivity index (χ4v) is 1.68. The molecule has 1 aromatic heterocycles. The van der Waals surface area contributed by atoms with Crippen molar-refractivity contribution in [2.75, 3.05) is 0 Å². The molecule has 0 aliphatic carbocycles. The van der Waals surface area contributed by atoms with Gasteiger partial charge in [0, 0.05) is 11.6 Å². The molecule has 1 heterocycles. The zero-order valence-corrected chi connectivity index (χ0v) is 9.65. The average molecular weight is 257 g/mol. The number of nitriles is 1. The molecule has 6 heteroatoms. The number of benzene rings is 1. The molecule has 1 unspecified atom stereocenters. The van der Waals surface area contributed by atoms with Crippen LogP contribution in [0.2, 0.25) is 0 Å². The molecule has 0 saturated carbocycles. The topological polar surface area (TPSA) is 79.8 Å². The molecule has 0 spiro atoms. The van der Waals surface area contributed by atoms with Crippen LogP contribution in [0, 0.1) is 27.3 Å². The first-order valence-corrected chi connectivity index (χ1v) is 5.38. The van der Waals surface area contributed by atoms with Crippen LogP contribution in [0.15, 0.2) is 42.6 Å². The van der Waals surface area contributed by atoms with E-state index in [0.29, 0.717) is 0 Å². The molecular formula is C13H8FN3O2. The van der Waals surface area contributed by atoms with E-state index in [0.717, 1.165) is 6.20 Å². The first-order chi connectivity index (χ1) is 9.13. The van der Waals surface area contributed by atoms with E-state index in [4.69, 9.17) is 5.26 Å². The number of rotatable bonds is 3. The minimum Gasteiger partial charge on any atom is -0.258 e. The predicted molar refractivity (Wildman–Crippen MR) is 64.7 cm³/mol. The maximum atomic E-state index is 13.6. The number of aromatic nitrogens is 1. The number of hydrogen-bond donors (Lipinski definition) is 0. The zero-order chi connectivity index (χ0) is 13.8. The van der Waals surface area contributed by atoms with E-state index in [9.17, 15) is 14.5 Å². The van der Waals surface area contributed by atoms with E-state index >= 15 is 0 Å². The Hall–Kier alpha value is -2.81. The molecule has 94 valence electrons. The highest BCUT2D eigenvalue weighted by molar-refractivity contribution is 5.38. The maximum Gasteiger partial charge on any atom is 0.287 e. The lowest BCUT2D eigenvalue weighted by molar-refractivity contribution is -0.385. The lowest BCUT2D eigenvalue weighted by Crippen LogP contribution is -2.03. The Morgan fingerprint density at radius 3 is 2.58 bits per heavy atom. The summed E-state index contributed by atoms with van der Waals surface area (Å²) < 4.78 is 13.6. The van der Waals surface area contributed by atoms with Crippen molar-refractivity contribution >= 4 is 5.69 Å². The smallest absolute Gasteiger partial charge is 0.258 e. The molecule has 2 aromatic rings. The molecule has 0 saturated heterocycles. The van der Waals surface area contributed by atoms with Crippen molar-refractivity contribution in [2.45, 2.75) is 5.92 Å². The van der Waals surface area contributed by atoms with Gasteiger partial charge in [-0.1, -0.05) is 18.2 Å². The maximum absolute atomic E-state index is 13.6. The number of halogens is 1. The third-order valence-electron chi connectivity index (χ3n) is 2.62. The van der Waals surface area contributed by atoms with Gasteiger partial charge in [0.15, 0.2) is 0 Å². The molecule has 1 atom stereocenters. The van der Waals surface area contributed by atoms with Crippen molar-refractivity contribution in [1.29, 1.82) is 5.26 Å². The first-order valence-electron chi connectivity index (χ1n) is 5.38. The van der Waals surface area contributed by atoms with Crippen LogP contribution in [0.25, 0.3) is 0 Å². The van der Waals surface area contributed by atoms with Crippen molar-refractivity contribution < 1.29 is 9.31 Å². The SMILES string of the molecule is N#CC(c1ccc([N+](=O)[O-])cn1)c1ccccc1F. The minimum atomic E-state index is -0.887. The van der Waals surface area contributed by atoms with Gasteiger partial charge in [-0.3, -0.25) is 15.1 Å². The lowest BCUT2D eigenvalue weighted by atomic mass is 9.96. The molecule has 0 radical (unpaired) electrons. The lowest BCUT2D eigenvalue weighted by Gasteiger charge is -2.09. The normalized spacial score (nSPS) is 11.6. The molecule has 0 N–H and O–H groups in total. The summed E-state index contributed by atoms with van der Waals surface area (Å²) in [6.07, 6.45) is 1.06. The van der Waals surface area contributed by atoms with E-state index in [2.05, 4.69) is 4.98 Å². The summed E-state index contributed by atoms with van der Waals surface area (Å²) in [7, 11) is 0. The summed E-state index contributed by atoms with van der Waals surface area (Å²) in [5.74, 6) is -1.39. The Morgan fingerprint density at radius 1 is 1.32 bits per heavy atom. The van der Waals surface area contributed by atoms with Crippen molar-refractivity contribution in [3.8, 4) is 6.07 Å². The summed E-state index contributed by atoms with van der Waals surface area (Å²) in [6, 6.07) is 10.4. The largest absolute Gasteiger partial charge is 0.287 e. The molecule has 2 rings (SSSR count). The second-order valence-corrected chi connectivity index (χ2v) is 3.78. The second-order valence-electron chi connectivity index (χ2n) is 3.78. The molecule has 1 aromatic carbocycles. The van der Waals surface area contributed by atoms with E-state index in [-0.39, 0.29) is 16.9 Å². The van der Waals surface area contributed by atoms with Crippen molar-refractivity contribution in [3.05, 3.63) is 69.8 Å². The Balaban J connectivity index is 2.41. The van der Waals surface area contributed by atoms with Crippen molar-refractivity contribution in [3.63, 3.8) is 0 Å². The van der Waals surface area contributed by atoms with Gasteiger partial charge in [-0.15, -0.1) is 0 Å². The van der Waals surface area contributed by atoms with Crippen LogP contribution in [-0.4, -0.2) is 9.91 Å². The standard InChI is InChI=1S/C13H8FN3O2/c14-12-4-2-1-3-10(12)11(7-15)13-6-5-9(8-16-13)17(18)19/h1-6,8,11H. The number of nitrogens with zero attached hydrogens (tertiary/aromatic N) is 3. The molecular weight excluding hydrogens is 249 g/mol. The minimum absolute atomic E-state index is 0.172. The Kier molecular flexibility index (Phi) is 3.48. The van der Waals surface area contributed by atoms with E-state index in [1.165, 1.54) is 30.3 Å². The van der Waals surface area contributed by atoms with Gasteiger partial charge >= 0.3 is 0 Å². The quantitative estimate of drug-likeness (QED) is 0.625. The molecule has 0 aliphatic rings.